The third-order valence-electron chi connectivity index (χ3n) is 3.61. The molecule has 0 saturated carbocycles. The molecule has 7 heteroatoms. The molecule has 0 N–H and O–H groups in total. The number of anilines is 1. The molecule has 6 nitrogen and oxygen atoms in total. The Morgan fingerprint density at radius 2 is 2.05 bits per heavy atom. The number of ether oxygens (including phenoxy) is 1. The molecule has 0 unspecified atom stereocenters. The average molecular weight is 277 g/mol. The maximum Gasteiger partial charge on any atom is 0.186 e. The van der Waals surface area contributed by atoms with Crippen LogP contribution in [0.3, 0.4) is 0 Å². The molecule has 0 aromatic carbocycles. The summed E-state index contributed by atoms with van der Waals surface area (Å²) in [5, 5.41) is 11.7. The number of hydrogen-bond donors (Lipinski definition) is 0. The van der Waals surface area contributed by atoms with Gasteiger partial charge in [0.15, 0.2) is 11.0 Å². The molecule has 0 radical (unpaired) electrons. The molecule has 2 aromatic heterocycles. The third kappa shape index (κ3) is 1.93. The number of rotatable bonds is 2. The normalized spacial score (nSPS) is 18.8. The summed E-state index contributed by atoms with van der Waals surface area (Å²) in [4.78, 5) is 7.00. The molecule has 0 bridgehead atoms. The Hall–Kier alpha value is -1.47. The highest BCUT2D eigenvalue weighted by molar-refractivity contribution is 7.14. The second-order valence-corrected chi connectivity index (χ2v) is 5.65. The fraction of sp³-hybridized carbons (Fsp3) is 0.583. The molecule has 0 aliphatic carbocycles. The van der Waals surface area contributed by atoms with Crippen molar-refractivity contribution < 1.29 is 4.74 Å². The molecule has 0 amide bonds. The second kappa shape index (κ2) is 4.57. The van der Waals surface area contributed by atoms with E-state index in [4.69, 9.17) is 9.72 Å². The minimum absolute atomic E-state index is 0.787. The Morgan fingerprint density at radius 1 is 1.16 bits per heavy atom. The van der Waals surface area contributed by atoms with Crippen LogP contribution in [0.5, 0.6) is 0 Å². The maximum absolute atomic E-state index is 5.37. The fourth-order valence-electron chi connectivity index (χ4n) is 2.61. The van der Waals surface area contributed by atoms with E-state index in [1.807, 2.05) is 0 Å². The Balaban J connectivity index is 1.63. The van der Waals surface area contributed by atoms with Crippen molar-refractivity contribution in [2.45, 2.75) is 19.4 Å². The average Bonchev–Trinajstić information content (AvgIpc) is 3.15. The third-order valence-corrected chi connectivity index (χ3v) is 4.51. The summed E-state index contributed by atoms with van der Waals surface area (Å²) in [5.41, 5.74) is 0.951. The van der Waals surface area contributed by atoms with Crippen LogP contribution < -0.4 is 4.90 Å². The molecule has 4 heterocycles. The van der Waals surface area contributed by atoms with Crippen molar-refractivity contribution in [2.75, 3.05) is 31.2 Å². The highest BCUT2D eigenvalue weighted by Gasteiger charge is 2.21. The summed E-state index contributed by atoms with van der Waals surface area (Å²) in [6, 6.07) is 0. The van der Waals surface area contributed by atoms with Gasteiger partial charge in [-0.2, -0.15) is 0 Å². The van der Waals surface area contributed by atoms with Crippen LogP contribution in [0.15, 0.2) is 5.38 Å². The van der Waals surface area contributed by atoms with Crippen molar-refractivity contribution in [3.63, 3.8) is 0 Å². The van der Waals surface area contributed by atoms with Crippen molar-refractivity contribution in [2.24, 2.45) is 0 Å². The Kier molecular flexibility index (Phi) is 2.73. The zero-order chi connectivity index (χ0) is 12.7. The summed E-state index contributed by atoms with van der Waals surface area (Å²) < 4.78 is 7.56. The monoisotopic (exact) mass is 277 g/mol. The minimum Gasteiger partial charge on any atom is -0.378 e. The van der Waals surface area contributed by atoms with Crippen molar-refractivity contribution in [3.8, 4) is 11.5 Å². The van der Waals surface area contributed by atoms with Gasteiger partial charge in [-0.1, -0.05) is 0 Å². The van der Waals surface area contributed by atoms with Crippen LogP contribution in [0, 0.1) is 0 Å². The molecule has 2 aliphatic rings. The van der Waals surface area contributed by atoms with Gasteiger partial charge in [0, 0.05) is 31.4 Å². The van der Waals surface area contributed by atoms with Crippen molar-refractivity contribution in [1.82, 2.24) is 19.7 Å². The van der Waals surface area contributed by atoms with Gasteiger partial charge in [0.25, 0.3) is 0 Å². The minimum atomic E-state index is 0.787. The van der Waals surface area contributed by atoms with Gasteiger partial charge in [0.05, 0.1) is 13.2 Å². The molecular formula is C12H15N5OS. The smallest absolute Gasteiger partial charge is 0.186 e. The van der Waals surface area contributed by atoms with E-state index in [1.54, 1.807) is 11.3 Å². The lowest BCUT2D eigenvalue weighted by atomic mass is 10.4. The summed E-state index contributed by atoms with van der Waals surface area (Å²) in [6.45, 7) is 4.43. The summed E-state index contributed by atoms with van der Waals surface area (Å²) in [7, 11) is 0. The quantitative estimate of drug-likeness (QED) is 0.825. The van der Waals surface area contributed by atoms with E-state index in [2.05, 4.69) is 25.0 Å². The van der Waals surface area contributed by atoms with E-state index < -0.39 is 0 Å². The van der Waals surface area contributed by atoms with Gasteiger partial charge in [-0.15, -0.1) is 21.5 Å². The van der Waals surface area contributed by atoms with Gasteiger partial charge in [0.1, 0.15) is 11.5 Å². The Labute approximate surface area is 115 Å². The van der Waals surface area contributed by atoms with E-state index in [9.17, 15) is 0 Å². The predicted octanol–water partition coefficient (Wildman–Crippen LogP) is 1.18. The predicted molar refractivity (Wildman–Crippen MR) is 72.5 cm³/mol. The molecule has 1 saturated heterocycles. The molecule has 4 rings (SSSR count). The lowest BCUT2D eigenvalue weighted by Crippen LogP contribution is -2.36. The first-order valence-corrected chi connectivity index (χ1v) is 7.50. The first-order valence-electron chi connectivity index (χ1n) is 6.62. The highest BCUT2D eigenvalue weighted by atomic mass is 32.1. The van der Waals surface area contributed by atoms with Crippen LogP contribution in [0.25, 0.3) is 11.5 Å². The zero-order valence-electron chi connectivity index (χ0n) is 10.6. The lowest BCUT2D eigenvalue weighted by Gasteiger charge is -2.25. The number of nitrogens with zero attached hydrogens (tertiary/aromatic N) is 5. The van der Waals surface area contributed by atoms with Gasteiger partial charge in [-0.05, 0) is 6.42 Å². The van der Waals surface area contributed by atoms with Crippen LogP contribution in [0.1, 0.15) is 12.2 Å². The van der Waals surface area contributed by atoms with Gasteiger partial charge in [-0.25, -0.2) is 4.98 Å². The highest BCUT2D eigenvalue weighted by Crippen LogP contribution is 2.29. The number of hydrogen-bond acceptors (Lipinski definition) is 6. The van der Waals surface area contributed by atoms with Crippen LogP contribution >= 0.6 is 11.3 Å². The van der Waals surface area contributed by atoms with E-state index in [0.29, 0.717) is 0 Å². The molecular weight excluding hydrogens is 262 g/mol. The first-order chi connectivity index (χ1) is 9.42. The maximum atomic E-state index is 5.37. The largest absolute Gasteiger partial charge is 0.378 e. The van der Waals surface area contributed by atoms with Gasteiger partial charge < -0.3 is 14.2 Å². The first kappa shape index (κ1) is 11.4. The SMILES string of the molecule is c1sc(N2CCOCC2)nc1-c1nnc2n1CCC2. The number of aryl methyl sites for hydroxylation is 1. The molecule has 19 heavy (non-hydrogen) atoms. The van der Waals surface area contributed by atoms with Crippen LogP contribution in [-0.2, 0) is 17.7 Å². The number of fused-ring (bicyclic) bond motifs is 1. The van der Waals surface area contributed by atoms with Gasteiger partial charge >= 0.3 is 0 Å². The molecule has 0 spiro atoms. The summed E-state index contributed by atoms with van der Waals surface area (Å²) in [6.07, 6.45) is 2.20. The van der Waals surface area contributed by atoms with E-state index in [1.165, 1.54) is 0 Å². The number of thiazole rings is 1. The van der Waals surface area contributed by atoms with Crippen LogP contribution in [-0.4, -0.2) is 46.1 Å². The molecule has 2 aromatic rings. The van der Waals surface area contributed by atoms with E-state index >= 15 is 0 Å². The molecule has 100 valence electrons. The van der Waals surface area contributed by atoms with Crippen molar-refractivity contribution >= 4 is 16.5 Å². The van der Waals surface area contributed by atoms with Crippen molar-refractivity contribution in [1.29, 1.82) is 0 Å². The Bertz CT molecular complexity index is 587. The van der Waals surface area contributed by atoms with Crippen LogP contribution in [0.4, 0.5) is 5.13 Å². The molecule has 0 atom stereocenters. The summed E-state index contributed by atoms with van der Waals surface area (Å²) in [5.74, 6) is 2.01. The second-order valence-electron chi connectivity index (χ2n) is 4.81. The van der Waals surface area contributed by atoms with Crippen molar-refractivity contribution in [3.05, 3.63) is 11.2 Å². The molecule has 2 aliphatic heterocycles. The molecule has 1 fully saturated rings. The number of aromatic nitrogens is 4. The zero-order valence-corrected chi connectivity index (χ0v) is 11.4. The lowest BCUT2D eigenvalue weighted by molar-refractivity contribution is 0.122. The van der Waals surface area contributed by atoms with E-state index in [-0.39, 0.29) is 0 Å². The van der Waals surface area contributed by atoms with Gasteiger partial charge in [-0.3, -0.25) is 0 Å². The summed E-state index contributed by atoms with van der Waals surface area (Å²) >= 11 is 1.68. The van der Waals surface area contributed by atoms with Crippen LogP contribution in [0.2, 0.25) is 0 Å². The fourth-order valence-corrected chi connectivity index (χ4v) is 3.46. The Morgan fingerprint density at radius 3 is 2.95 bits per heavy atom. The standard InChI is InChI=1S/C12H15N5OS/c1-2-10-14-15-11(17(10)3-1)9-8-19-12(13-9)16-4-6-18-7-5-16/h8H,1-7H2. The number of morpholine rings is 1. The topological polar surface area (TPSA) is 56.1 Å². The van der Waals surface area contributed by atoms with E-state index in [0.717, 1.165) is 68.2 Å². The van der Waals surface area contributed by atoms with Gasteiger partial charge in [0.2, 0.25) is 0 Å².